The summed E-state index contributed by atoms with van der Waals surface area (Å²) in [5.41, 5.74) is 3.39. The second-order valence-corrected chi connectivity index (χ2v) is 5.55. The lowest BCUT2D eigenvalue weighted by atomic mass is 9.89. The molecule has 2 atom stereocenters. The van der Waals surface area contributed by atoms with Gasteiger partial charge in [0.2, 0.25) is 0 Å². The van der Waals surface area contributed by atoms with E-state index in [0.29, 0.717) is 12.3 Å². The first kappa shape index (κ1) is 12.2. The van der Waals surface area contributed by atoms with Crippen LogP contribution in [0.2, 0.25) is 0 Å². The Labute approximate surface area is 111 Å². The summed E-state index contributed by atoms with van der Waals surface area (Å²) < 4.78 is 0. The van der Waals surface area contributed by atoms with Gasteiger partial charge in [0.15, 0.2) is 0 Å². The molecule has 0 unspecified atom stereocenters. The summed E-state index contributed by atoms with van der Waals surface area (Å²) in [4.78, 5) is 14.8. The summed E-state index contributed by atoms with van der Waals surface area (Å²) in [6, 6.07) is 7.67. The van der Waals surface area contributed by atoms with Gasteiger partial charge in [0.25, 0.3) is 0 Å². The van der Waals surface area contributed by atoms with Crippen molar-refractivity contribution in [1.29, 1.82) is 0 Å². The minimum Gasteiger partial charge on any atom is -0.480 e. The number of aromatic amines is 1. The maximum Gasteiger partial charge on any atom is 0.321 e. The van der Waals surface area contributed by atoms with Gasteiger partial charge in [0, 0.05) is 23.0 Å². The van der Waals surface area contributed by atoms with Crippen LogP contribution in [-0.4, -0.2) is 22.1 Å². The lowest BCUT2D eigenvalue weighted by Crippen LogP contribution is -2.46. The number of nitrogens with one attached hydrogen (secondary N) is 2. The average Bonchev–Trinajstić information content (AvgIpc) is 2.75. The van der Waals surface area contributed by atoms with Crippen molar-refractivity contribution in [3.63, 3.8) is 0 Å². The molecule has 1 aliphatic rings. The molecule has 3 rings (SSSR count). The molecule has 0 saturated carbocycles. The van der Waals surface area contributed by atoms with Crippen LogP contribution in [0.5, 0.6) is 0 Å². The van der Waals surface area contributed by atoms with Crippen molar-refractivity contribution in [1.82, 2.24) is 10.3 Å². The highest BCUT2D eigenvalue weighted by molar-refractivity contribution is 5.86. The molecular weight excluding hydrogens is 240 g/mol. The predicted molar refractivity (Wildman–Crippen MR) is 74.1 cm³/mol. The number of hydrogen-bond acceptors (Lipinski definition) is 2. The van der Waals surface area contributed by atoms with Crippen molar-refractivity contribution in [2.24, 2.45) is 5.92 Å². The largest absolute Gasteiger partial charge is 0.480 e. The molecule has 0 amide bonds. The van der Waals surface area contributed by atoms with Crippen molar-refractivity contribution in [2.45, 2.75) is 32.4 Å². The Hall–Kier alpha value is -1.81. The maximum absolute atomic E-state index is 11.3. The third-order valence-corrected chi connectivity index (χ3v) is 3.91. The fourth-order valence-electron chi connectivity index (χ4n) is 2.95. The Morgan fingerprint density at radius 1 is 1.37 bits per heavy atom. The van der Waals surface area contributed by atoms with Crippen LogP contribution in [-0.2, 0) is 11.2 Å². The number of benzene rings is 1. The number of carboxylic acids is 1. The lowest BCUT2D eigenvalue weighted by molar-refractivity contribution is -0.140. The molecular formula is C15H18N2O2. The van der Waals surface area contributed by atoms with Crippen molar-refractivity contribution >= 4 is 16.9 Å². The second-order valence-electron chi connectivity index (χ2n) is 5.55. The number of rotatable bonds is 2. The summed E-state index contributed by atoms with van der Waals surface area (Å²) >= 11 is 0. The van der Waals surface area contributed by atoms with Gasteiger partial charge in [-0.2, -0.15) is 0 Å². The van der Waals surface area contributed by atoms with E-state index in [-0.39, 0.29) is 6.04 Å². The van der Waals surface area contributed by atoms with E-state index in [1.165, 1.54) is 0 Å². The molecule has 0 fully saturated rings. The van der Waals surface area contributed by atoms with Crippen LogP contribution in [0.15, 0.2) is 24.3 Å². The molecule has 0 bridgehead atoms. The van der Waals surface area contributed by atoms with Crippen LogP contribution in [0.25, 0.3) is 10.9 Å². The number of carbonyl (C=O) groups is 1. The number of aliphatic carboxylic acids is 1. The molecule has 4 heteroatoms. The van der Waals surface area contributed by atoms with Gasteiger partial charge in [-0.3, -0.25) is 10.1 Å². The molecule has 0 saturated heterocycles. The second kappa shape index (κ2) is 4.38. The van der Waals surface area contributed by atoms with Crippen LogP contribution >= 0.6 is 0 Å². The number of aromatic nitrogens is 1. The highest BCUT2D eigenvalue weighted by Gasteiger charge is 2.34. The summed E-state index contributed by atoms with van der Waals surface area (Å²) in [5, 5.41) is 13.7. The van der Waals surface area contributed by atoms with Gasteiger partial charge < -0.3 is 10.1 Å². The first-order valence-electron chi connectivity index (χ1n) is 6.66. The lowest BCUT2D eigenvalue weighted by Gasteiger charge is -2.31. The normalized spacial score (nSPS) is 22.7. The summed E-state index contributed by atoms with van der Waals surface area (Å²) in [6.45, 7) is 4.22. The quantitative estimate of drug-likeness (QED) is 0.775. The maximum atomic E-state index is 11.3. The van der Waals surface area contributed by atoms with Crippen LogP contribution in [0.1, 0.15) is 31.1 Å². The first-order chi connectivity index (χ1) is 9.08. The van der Waals surface area contributed by atoms with E-state index in [1.54, 1.807) is 0 Å². The standard InChI is InChI=1S/C15H18N2O2/c1-8(2)13-14-10(7-12(17-13)15(18)19)9-5-3-4-6-11(9)16-14/h3-6,8,12-13,16-17H,7H2,1-2H3,(H,18,19)/t12-,13-/m1/s1. The van der Waals surface area contributed by atoms with Crippen molar-refractivity contribution < 1.29 is 9.90 Å². The van der Waals surface area contributed by atoms with E-state index in [4.69, 9.17) is 0 Å². The van der Waals surface area contributed by atoms with Gasteiger partial charge in [0.05, 0.1) is 6.04 Å². The number of H-pyrrole nitrogens is 1. The molecule has 2 heterocycles. The third-order valence-electron chi connectivity index (χ3n) is 3.91. The molecule has 4 nitrogen and oxygen atoms in total. The zero-order valence-electron chi connectivity index (χ0n) is 11.1. The Kier molecular flexibility index (Phi) is 2.82. The van der Waals surface area contributed by atoms with E-state index < -0.39 is 12.0 Å². The molecule has 0 spiro atoms. The average molecular weight is 258 g/mol. The van der Waals surface area contributed by atoms with Crippen LogP contribution in [0.3, 0.4) is 0 Å². The number of carboxylic acid groups (broad SMARTS) is 1. The minimum absolute atomic E-state index is 0.0669. The number of hydrogen-bond donors (Lipinski definition) is 3. The Balaban J connectivity index is 2.16. The van der Waals surface area contributed by atoms with E-state index in [0.717, 1.165) is 22.2 Å². The summed E-state index contributed by atoms with van der Waals surface area (Å²) in [7, 11) is 0. The Morgan fingerprint density at radius 2 is 2.11 bits per heavy atom. The van der Waals surface area contributed by atoms with E-state index in [9.17, 15) is 9.90 Å². The molecule has 1 aromatic carbocycles. The monoisotopic (exact) mass is 258 g/mol. The van der Waals surface area contributed by atoms with Gasteiger partial charge in [-0.15, -0.1) is 0 Å². The zero-order chi connectivity index (χ0) is 13.6. The van der Waals surface area contributed by atoms with Crippen molar-refractivity contribution in [2.75, 3.05) is 0 Å². The zero-order valence-corrected chi connectivity index (χ0v) is 11.1. The molecule has 1 aromatic heterocycles. The van der Waals surface area contributed by atoms with Crippen LogP contribution in [0, 0.1) is 5.92 Å². The molecule has 19 heavy (non-hydrogen) atoms. The van der Waals surface area contributed by atoms with Crippen LogP contribution in [0.4, 0.5) is 0 Å². The van der Waals surface area contributed by atoms with Gasteiger partial charge in [0.1, 0.15) is 6.04 Å². The Bertz CT molecular complexity index is 630. The summed E-state index contributed by atoms with van der Waals surface area (Å²) in [6.07, 6.45) is 0.540. The van der Waals surface area contributed by atoms with Gasteiger partial charge in [-0.1, -0.05) is 32.0 Å². The molecule has 100 valence electrons. The van der Waals surface area contributed by atoms with Crippen LogP contribution < -0.4 is 5.32 Å². The topological polar surface area (TPSA) is 65.1 Å². The Morgan fingerprint density at radius 3 is 2.79 bits per heavy atom. The molecule has 1 aliphatic heterocycles. The van der Waals surface area contributed by atoms with Gasteiger partial charge in [-0.05, 0) is 17.5 Å². The SMILES string of the molecule is CC(C)[C@H]1N[C@@H](C(=O)O)Cc2c1[nH]c1ccccc21. The van der Waals surface area contributed by atoms with E-state index in [1.807, 2.05) is 18.2 Å². The fraction of sp³-hybridized carbons (Fsp3) is 0.400. The van der Waals surface area contributed by atoms with E-state index >= 15 is 0 Å². The van der Waals surface area contributed by atoms with E-state index in [2.05, 4.69) is 30.2 Å². The predicted octanol–water partition coefficient (Wildman–Crippen LogP) is 2.46. The summed E-state index contributed by atoms with van der Waals surface area (Å²) in [5.74, 6) is -0.435. The smallest absolute Gasteiger partial charge is 0.321 e. The molecule has 0 aliphatic carbocycles. The minimum atomic E-state index is -0.776. The number of para-hydroxylation sites is 1. The van der Waals surface area contributed by atoms with Crippen molar-refractivity contribution in [3.8, 4) is 0 Å². The molecule has 3 N–H and O–H groups in total. The highest BCUT2D eigenvalue weighted by Crippen LogP contribution is 2.34. The first-order valence-corrected chi connectivity index (χ1v) is 6.66. The molecule has 2 aromatic rings. The van der Waals surface area contributed by atoms with Gasteiger partial charge in [-0.25, -0.2) is 0 Å². The molecule has 0 radical (unpaired) electrons. The van der Waals surface area contributed by atoms with Crippen molar-refractivity contribution in [3.05, 3.63) is 35.5 Å². The number of fused-ring (bicyclic) bond motifs is 3. The van der Waals surface area contributed by atoms with Gasteiger partial charge >= 0.3 is 5.97 Å². The third kappa shape index (κ3) is 1.92. The highest BCUT2D eigenvalue weighted by atomic mass is 16.4. The fourth-order valence-corrected chi connectivity index (χ4v) is 2.95.